The van der Waals surface area contributed by atoms with E-state index >= 15 is 0 Å². The number of halogens is 4. The van der Waals surface area contributed by atoms with E-state index in [1.807, 2.05) is 0 Å². The van der Waals surface area contributed by atoms with Crippen molar-refractivity contribution in [3.63, 3.8) is 0 Å². The van der Waals surface area contributed by atoms with Crippen molar-refractivity contribution in [3.05, 3.63) is 45.4 Å². The molecule has 2 aromatic rings. The molecule has 18 heavy (non-hydrogen) atoms. The fourth-order valence-electron chi connectivity index (χ4n) is 1.52. The molecule has 0 aliphatic heterocycles. The van der Waals surface area contributed by atoms with Gasteiger partial charge in [0.25, 0.3) is 0 Å². The van der Waals surface area contributed by atoms with Crippen molar-refractivity contribution in [2.45, 2.75) is 0 Å². The van der Waals surface area contributed by atoms with E-state index in [4.69, 9.17) is 39.5 Å². The molecule has 0 spiro atoms. The molecule has 0 saturated heterocycles. The Morgan fingerprint density at radius 1 is 1.11 bits per heavy atom. The quantitative estimate of drug-likeness (QED) is 0.584. The molecule has 0 amide bonds. The van der Waals surface area contributed by atoms with Crippen molar-refractivity contribution in [1.82, 2.24) is 4.98 Å². The zero-order chi connectivity index (χ0) is 13.3. The number of ether oxygens (including phenoxy) is 1. The van der Waals surface area contributed by atoms with Crippen LogP contribution >= 0.6 is 34.8 Å². The van der Waals surface area contributed by atoms with Crippen LogP contribution in [0, 0.1) is 5.95 Å². The van der Waals surface area contributed by atoms with Crippen LogP contribution < -0.4 is 4.74 Å². The molecule has 0 unspecified atom stereocenters. The summed E-state index contributed by atoms with van der Waals surface area (Å²) in [5.41, 5.74) is 0.998. The standard InChI is InChI=1S/C12H7Cl3FNO/c1-18-9-5-17-10(16)4-7(9)6-2-3-8(13)12(15)11(6)14/h2-5H,1H3. The van der Waals surface area contributed by atoms with Crippen LogP contribution in [0.4, 0.5) is 4.39 Å². The van der Waals surface area contributed by atoms with E-state index in [2.05, 4.69) is 4.98 Å². The summed E-state index contributed by atoms with van der Waals surface area (Å²) in [6.45, 7) is 0. The molecular weight excluding hydrogens is 299 g/mol. The van der Waals surface area contributed by atoms with Gasteiger partial charge < -0.3 is 4.74 Å². The highest BCUT2D eigenvalue weighted by Crippen LogP contribution is 2.40. The first kappa shape index (κ1) is 13.4. The highest BCUT2D eigenvalue weighted by atomic mass is 35.5. The van der Waals surface area contributed by atoms with Gasteiger partial charge in [-0.1, -0.05) is 40.9 Å². The summed E-state index contributed by atoms with van der Waals surface area (Å²) >= 11 is 17.9. The number of nitrogens with zero attached hydrogens (tertiary/aromatic N) is 1. The lowest BCUT2D eigenvalue weighted by atomic mass is 10.1. The van der Waals surface area contributed by atoms with Crippen LogP contribution in [0.25, 0.3) is 11.1 Å². The van der Waals surface area contributed by atoms with Gasteiger partial charge in [0.05, 0.1) is 28.4 Å². The fourth-order valence-corrected chi connectivity index (χ4v) is 2.16. The topological polar surface area (TPSA) is 22.1 Å². The van der Waals surface area contributed by atoms with Crippen LogP contribution in [0.2, 0.25) is 15.1 Å². The van der Waals surface area contributed by atoms with Crippen LogP contribution in [-0.4, -0.2) is 12.1 Å². The van der Waals surface area contributed by atoms with Gasteiger partial charge in [0, 0.05) is 17.2 Å². The van der Waals surface area contributed by atoms with Gasteiger partial charge in [-0.25, -0.2) is 4.98 Å². The molecule has 2 rings (SSSR count). The molecule has 94 valence electrons. The smallest absolute Gasteiger partial charge is 0.213 e. The van der Waals surface area contributed by atoms with Crippen molar-refractivity contribution in [2.24, 2.45) is 0 Å². The first-order valence-electron chi connectivity index (χ1n) is 4.88. The second-order valence-electron chi connectivity index (χ2n) is 3.43. The van der Waals surface area contributed by atoms with E-state index in [1.54, 1.807) is 12.1 Å². The number of methoxy groups -OCH3 is 1. The Labute approximate surface area is 118 Å². The Bertz CT molecular complexity index is 604. The van der Waals surface area contributed by atoms with Crippen LogP contribution in [0.5, 0.6) is 5.75 Å². The summed E-state index contributed by atoms with van der Waals surface area (Å²) in [4.78, 5) is 3.51. The van der Waals surface area contributed by atoms with Gasteiger partial charge >= 0.3 is 0 Å². The number of benzene rings is 1. The summed E-state index contributed by atoms with van der Waals surface area (Å²) in [6, 6.07) is 4.46. The van der Waals surface area contributed by atoms with Gasteiger partial charge in [-0.05, 0) is 6.07 Å². The second kappa shape index (κ2) is 5.31. The summed E-state index contributed by atoms with van der Waals surface area (Å²) in [5, 5.41) is 0.794. The minimum absolute atomic E-state index is 0.218. The lowest BCUT2D eigenvalue weighted by Crippen LogP contribution is -1.93. The normalized spacial score (nSPS) is 10.5. The maximum atomic E-state index is 13.2. The molecular formula is C12H7Cl3FNO. The van der Waals surface area contributed by atoms with Gasteiger partial charge in [0.15, 0.2) is 0 Å². The maximum Gasteiger partial charge on any atom is 0.213 e. The first-order chi connectivity index (χ1) is 8.54. The predicted molar refractivity (Wildman–Crippen MR) is 71.2 cm³/mol. The van der Waals surface area contributed by atoms with Crippen molar-refractivity contribution in [2.75, 3.05) is 7.11 Å². The lowest BCUT2D eigenvalue weighted by Gasteiger charge is -2.11. The van der Waals surface area contributed by atoms with E-state index in [1.165, 1.54) is 19.4 Å². The third-order valence-corrected chi connectivity index (χ3v) is 3.67. The summed E-state index contributed by atoms with van der Waals surface area (Å²) in [6.07, 6.45) is 1.28. The monoisotopic (exact) mass is 305 g/mol. The lowest BCUT2D eigenvalue weighted by molar-refractivity contribution is 0.412. The molecule has 0 saturated carbocycles. The molecule has 0 fully saturated rings. The number of hydrogen-bond donors (Lipinski definition) is 0. The summed E-state index contributed by atoms with van der Waals surface area (Å²) < 4.78 is 18.3. The van der Waals surface area contributed by atoms with E-state index < -0.39 is 5.95 Å². The van der Waals surface area contributed by atoms with Gasteiger partial charge in [0.2, 0.25) is 5.95 Å². The van der Waals surface area contributed by atoms with Crippen molar-refractivity contribution < 1.29 is 9.13 Å². The third-order valence-electron chi connectivity index (χ3n) is 2.38. The summed E-state index contributed by atoms with van der Waals surface area (Å²) in [5.74, 6) is -0.232. The highest BCUT2D eigenvalue weighted by Gasteiger charge is 2.15. The molecule has 0 bridgehead atoms. The molecule has 0 radical (unpaired) electrons. The Morgan fingerprint density at radius 2 is 1.83 bits per heavy atom. The minimum atomic E-state index is -0.632. The SMILES string of the molecule is COc1cnc(F)cc1-c1ccc(Cl)c(Cl)c1Cl. The first-order valence-corrected chi connectivity index (χ1v) is 6.01. The van der Waals surface area contributed by atoms with Gasteiger partial charge in [-0.15, -0.1) is 0 Å². The molecule has 1 aromatic carbocycles. The number of rotatable bonds is 2. The number of aromatic nitrogens is 1. The molecule has 2 nitrogen and oxygen atoms in total. The van der Waals surface area contributed by atoms with E-state index in [0.717, 1.165) is 0 Å². The van der Waals surface area contributed by atoms with Crippen LogP contribution in [0.3, 0.4) is 0 Å². The molecule has 6 heteroatoms. The Morgan fingerprint density at radius 3 is 2.50 bits per heavy atom. The molecule has 0 atom stereocenters. The zero-order valence-electron chi connectivity index (χ0n) is 9.18. The number of pyridine rings is 1. The van der Waals surface area contributed by atoms with Crippen LogP contribution in [0.1, 0.15) is 0 Å². The molecule has 1 aromatic heterocycles. The van der Waals surface area contributed by atoms with E-state index in [-0.39, 0.29) is 10.0 Å². The van der Waals surface area contributed by atoms with E-state index in [9.17, 15) is 4.39 Å². The molecule has 0 aliphatic carbocycles. The predicted octanol–water partition coefficient (Wildman–Crippen LogP) is 4.86. The molecule has 1 heterocycles. The van der Waals surface area contributed by atoms with Gasteiger partial charge in [-0.3, -0.25) is 0 Å². The van der Waals surface area contributed by atoms with Crippen molar-refractivity contribution in [1.29, 1.82) is 0 Å². The largest absolute Gasteiger partial charge is 0.494 e. The van der Waals surface area contributed by atoms with Crippen molar-refractivity contribution in [3.8, 4) is 16.9 Å². The summed E-state index contributed by atoms with van der Waals surface area (Å²) in [7, 11) is 1.46. The average molecular weight is 307 g/mol. The fraction of sp³-hybridized carbons (Fsp3) is 0.0833. The highest BCUT2D eigenvalue weighted by molar-refractivity contribution is 6.49. The minimum Gasteiger partial charge on any atom is -0.494 e. The second-order valence-corrected chi connectivity index (χ2v) is 4.59. The van der Waals surface area contributed by atoms with Crippen LogP contribution in [-0.2, 0) is 0 Å². The van der Waals surface area contributed by atoms with E-state index in [0.29, 0.717) is 21.9 Å². The zero-order valence-corrected chi connectivity index (χ0v) is 11.4. The maximum absolute atomic E-state index is 13.2. The Hall–Kier alpha value is -1.03. The molecule has 0 N–H and O–H groups in total. The molecule has 0 aliphatic rings. The number of hydrogen-bond acceptors (Lipinski definition) is 2. The van der Waals surface area contributed by atoms with Crippen LogP contribution in [0.15, 0.2) is 24.4 Å². The van der Waals surface area contributed by atoms with Crippen molar-refractivity contribution >= 4 is 34.8 Å². The Balaban J connectivity index is 2.69. The van der Waals surface area contributed by atoms with Gasteiger partial charge in [-0.2, -0.15) is 4.39 Å². The van der Waals surface area contributed by atoms with Gasteiger partial charge in [0.1, 0.15) is 5.75 Å². The third kappa shape index (κ3) is 2.39. The average Bonchev–Trinajstić information content (AvgIpc) is 2.36. The Kier molecular flexibility index (Phi) is 3.95.